The van der Waals surface area contributed by atoms with E-state index in [0.717, 1.165) is 0 Å². The van der Waals surface area contributed by atoms with E-state index in [2.05, 4.69) is 5.32 Å². The summed E-state index contributed by atoms with van der Waals surface area (Å²) in [5.41, 5.74) is 5.34. The van der Waals surface area contributed by atoms with Crippen molar-refractivity contribution in [3.63, 3.8) is 0 Å². The third-order valence-corrected chi connectivity index (χ3v) is 2.04. The van der Waals surface area contributed by atoms with Gasteiger partial charge in [-0.2, -0.15) is 0 Å². The molecule has 0 atom stereocenters. The summed E-state index contributed by atoms with van der Waals surface area (Å²) >= 11 is 0. The van der Waals surface area contributed by atoms with Gasteiger partial charge in [0, 0.05) is 19.5 Å². The highest BCUT2D eigenvalue weighted by molar-refractivity contribution is 5.75. The molecule has 0 radical (unpaired) electrons. The summed E-state index contributed by atoms with van der Waals surface area (Å²) in [5.74, 6) is -0.216. The highest BCUT2D eigenvalue weighted by Gasteiger charge is 2.17. The van der Waals surface area contributed by atoms with Gasteiger partial charge in [0.05, 0.1) is 13.2 Å². The maximum Gasteiger partial charge on any atom is 0.220 e. The highest BCUT2D eigenvalue weighted by atomic mass is 16.7. The predicted octanol–water partition coefficient (Wildman–Crippen LogP) is 0.877. The highest BCUT2D eigenvalue weighted by Crippen LogP contribution is 2.09. The molecule has 17 heavy (non-hydrogen) atoms. The van der Waals surface area contributed by atoms with E-state index < -0.39 is 5.79 Å². The van der Waals surface area contributed by atoms with Crippen molar-refractivity contribution in [2.75, 3.05) is 26.3 Å². The van der Waals surface area contributed by atoms with Gasteiger partial charge >= 0.3 is 0 Å². The Hall–Kier alpha value is -0.650. The molecule has 0 spiro atoms. The number of ether oxygens (including phenoxy) is 2. The van der Waals surface area contributed by atoms with Crippen LogP contribution in [-0.4, -0.2) is 38.0 Å². The SMILES string of the molecule is CC(C)CC(=O)NCCOC(C)(C)OCCN. The van der Waals surface area contributed by atoms with Crippen LogP contribution in [0.1, 0.15) is 34.1 Å². The van der Waals surface area contributed by atoms with E-state index in [1.807, 2.05) is 27.7 Å². The summed E-state index contributed by atoms with van der Waals surface area (Å²) in [4.78, 5) is 11.3. The number of nitrogens with two attached hydrogens (primary N) is 1. The summed E-state index contributed by atoms with van der Waals surface area (Å²) in [6.45, 7) is 9.56. The molecule has 0 aliphatic carbocycles. The number of nitrogens with one attached hydrogen (secondary N) is 1. The Morgan fingerprint density at radius 2 is 1.88 bits per heavy atom. The third kappa shape index (κ3) is 10.2. The lowest BCUT2D eigenvalue weighted by Crippen LogP contribution is -2.35. The van der Waals surface area contributed by atoms with Gasteiger partial charge in [-0.1, -0.05) is 13.8 Å². The molecule has 0 aromatic rings. The first-order chi connectivity index (χ1) is 7.87. The standard InChI is InChI=1S/C12H26N2O3/c1-10(2)9-11(15)14-6-8-17-12(3,4)16-7-5-13/h10H,5-9,13H2,1-4H3,(H,14,15). The Morgan fingerprint density at radius 1 is 1.29 bits per heavy atom. The second-order valence-corrected chi connectivity index (χ2v) is 4.83. The van der Waals surface area contributed by atoms with E-state index in [1.54, 1.807) is 0 Å². The monoisotopic (exact) mass is 246 g/mol. The van der Waals surface area contributed by atoms with Gasteiger partial charge in [-0.3, -0.25) is 4.79 Å². The van der Waals surface area contributed by atoms with Crippen molar-refractivity contribution in [3.8, 4) is 0 Å². The summed E-state index contributed by atoms with van der Waals surface area (Å²) < 4.78 is 10.9. The molecule has 1 amide bonds. The summed E-state index contributed by atoms with van der Waals surface area (Å²) in [5, 5.41) is 2.80. The molecule has 102 valence electrons. The van der Waals surface area contributed by atoms with Crippen LogP contribution in [0.5, 0.6) is 0 Å². The van der Waals surface area contributed by atoms with Crippen LogP contribution in [0.3, 0.4) is 0 Å². The van der Waals surface area contributed by atoms with Crippen molar-refractivity contribution < 1.29 is 14.3 Å². The fourth-order valence-corrected chi connectivity index (χ4v) is 1.28. The van der Waals surface area contributed by atoms with Crippen molar-refractivity contribution in [2.45, 2.75) is 39.9 Å². The Balaban J connectivity index is 3.59. The van der Waals surface area contributed by atoms with Gasteiger partial charge in [0.1, 0.15) is 0 Å². The molecular formula is C12H26N2O3. The number of rotatable bonds is 9. The van der Waals surface area contributed by atoms with Crippen LogP contribution in [0.2, 0.25) is 0 Å². The molecular weight excluding hydrogens is 220 g/mol. The molecule has 0 aliphatic rings. The van der Waals surface area contributed by atoms with E-state index in [4.69, 9.17) is 15.2 Å². The molecule has 0 rings (SSSR count). The first-order valence-electron chi connectivity index (χ1n) is 6.12. The molecule has 0 aromatic heterocycles. The van der Waals surface area contributed by atoms with Crippen LogP contribution in [0.4, 0.5) is 0 Å². The Labute approximate surface area is 104 Å². The lowest BCUT2D eigenvalue weighted by Gasteiger charge is -2.25. The average Bonchev–Trinajstić information content (AvgIpc) is 2.21. The van der Waals surface area contributed by atoms with Gasteiger partial charge in [-0.15, -0.1) is 0 Å². The largest absolute Gasteiger partial charge is 0.354 e. The van der Waals surface area contributed by atoms with Gasteiger partial charge in [0.15, 0.2) is 5.79 Å². The van der Waals surface area contributed by atoms with Gasteiger partial charge in [0.2, 0.25) is 5.91 Å². The summed E-state index contributed by atoms with van der Waals surface area (Å²) in [6, 6.07) is 0. The van der Waals surface area contributed by atoms with Crippen LogP contribution in [-0.2, 0) is 14.3 Å². The van der Waals surface area contributed by atoms with Crippen molar-refractivity contribution in [1.29, 1.82) is 0 Å². The number of hydrogen-bond donors (Lipinski definition) is 2. The third-order valence-electron chi connectivity index (χ3n) is 2.04. The van der Waals surface area contributed by atoms with Crippen molar-refractivity contribution in [2.24, 2.45) is 11.7 Å². The van der Waals surface area contributed by atoms with Crippen LogP contribution >= 0.6 is 0 Å². The molecule has 0 unspecified atom stereocenters. The quantitative estimate of drug-likeness (QED) is 0.468. The van der Waals surface area contributed by atoms with Crippen LogP contribution in [0, 0.1) is 5.92 Å². The fraction of sp³-hybridized carbons (Fsp3) is 0.917. The predicted molar refractivity (Wildman–Crippen MR) is 67.5 cm³/mol. The zero-order valence-corrected chi connectivity index (χ0v) is 11.4. The molecule has 0 heterocycles. The number of carbonyl (C=O) groups is 1. The van der Waals surface area contributed by atoms with Crippen LogP contribution in [0.15, 0.2) is 0 Å². The molecule has 0 bridgehead atoms. The van der Waals surface area contributed by atoms with Crippen LogP contribution < -0.4 is 11.1 Å². The average molecular weight is 246 g/mol. The van der Waals surface area contributed by atoms with Gasteiger partial charge in [-0.05, 0) is 19.8 Å². The van der Waals surface area contributed by atoms with Crippen molar-refractivity contribution in [1.82, 2.24) is 5.32 Å². The molecule has 0 saturated carbocycles. The number of carbonyl (C=O) groups excluding carboxylic acids is 1. The first-order valence-corrected chi connectivity index (χ1v) is 6.12. The molecule has 5 heteroatoms. The van der Waals surface area contributed by atoms with Crippen molar-refractivity contribution in [3.05, 3.63) is 0 Å². The fourth-order valence-electron chi connectivity index (χ4n) is 1.28. The second kappa shape index (κ2) is 8.44. The zero-order valence-electron chi connectivity index (χ0n) is 11.4. The lowest BCUT2D eigenvalue weighted by atomic mass is 10.1. The van der Waals surface area contributed by atoms with E-state index in [-0.39, 0.29) is 5.91 Å². The van der Waals surface area contributed by atoms with Crippen molar-refractivity contribution >= 4 is 5.91 Å². The molecule has 3 N–H and O–H groups in total. The van der Waals surface area contributed by atoms with E-state index >= 15 is 0 Å². The maximum absolute atomic E-state index is 11.3. The Bertz CT molecular complexity index is 218. The van der Waals surface area contributed by atoms with Gasteiger partial charge in [-0.25, -0.2) is 0 Å². The zero-order chi connectivity index (χ0) is 13.3. The molecule has 5 nitrogen and oxygen atoms in total. The van der Waals surface area contributed by atoms with E-state index in [9.17, 15) is 4.79 Å². The summed E-state index contributed by atoms with van der Waals surface area (Å²) in [6.07, 6.45) is 0.549. The first kappa shape index (κ1) is 16.4. The smallest absolute Gasteiger partial charge is 0.220 e. The number of amides is 1. The minimum Gasteiger partial charge on any atom is -0.354 e. The lowest BCUT2D eigenvalue weighted by molar-refractivity contribution is -0.210. The number of hydrogen-bond acceptors (Lipinski definition) is 4. The Morgan fingerprint density at radius 3 is 2.41 bits per heavy atom. The maximum atomic E-state index is 11.3. The van der Waals surface area contributed by atoms with Crippen LogP contribution in [0.25, 0.3) is 0 Å². The van der Waals surface area contributed by atoms with E-state index in [1.165, 1.54) is 0 Å². The molecule has 0 aromatic carbocycles. The molecule has 0 saturated heterocycles. The topological polar surface area (TPSA) is 73.6 Å². The summed E-state index contributed by atoms with van der Waals surface area (Å²) in [7, 11) is 0. The Kier molecular flexibility index (Phi) is 8.12. The normalized spacial score (nSPS) is 11.9. The second-order valence-electron chi connectivity index (χ2n) is 4.83. The van der Waals surface area contributed by atoms with E-state index in [0.29, 0.717) is 38.6 Å². The van der Waals surface area contributed by atoms with Gasteiger partial charge in [0.25, 0.3) is 0 Å². The minimum absolute atomic E-state index is 0.0595. The molecule has 0 aliphatic heterocycles. The minimum atomic E-state index is -0.651. The molecule has 0 fully saturated rings. The van der Waals surface area contributed by atoms with Gasteiger partial charge < -0.3 is 20.5 Å².